The Kier molecular flexibility index (Phi) is 7.07. The number of sulfonamides is 1. The lowest BCUT2D eigenvalue weighted by atomic mass is 10.2. The van der Waals surface area contributed by atoms with Crippen LogP contribution in [-0.4, -0.2) is 32.4 Å². The molecule has 28 heavy (non-hydrogen) atoms. The third-order valence-corrected chi connectivity index (χ3v) is 5.23. The predicted octanol–water partition coefficient (Wildman–Crippen LogP) is 2.61. The summed E-state index contributed by atoms with van der Waals surface area (Å²) in [5.41, 5.74) is 0.870. The molecule has 0 spiro atoms. The minimum atomic E-state index is -3.57. The number of nitrogens with one attached hydrogen (secondary N) is 2. The Balaban J connectivity index is 1.96. The van der Waals surface area contributed by atoms with Crippen LogP contribution in [0.5, 0.6) is 5.75 Å². The van der Waals surface area contributed by atoms with E-state index in [-0.39, 0.29) is 17.2 Å². The monoisotopic (exact) mass is 407 g/mol. The van der Waals surface area contributed by atoms with Crippen LogP contribution >= 0.6 is 0 Å². The first-order valence-corrected chi connectivity index (χ1v) is 9.98. The highest BCUT2D eigenvalue weighted by Gasteiger charge is 2.14. The maximum absolute atomic E-state index is 12.1. The summed E-state index contributed by atoms with van der Waals surface area (Å²) in [5.74, 6) is -0.176. The number of nitro benzene ring substituents is 1. The zero-order valence-corrected chi connectivity index (χ0v) is 16.3. The molecule has 150 valence electrons. The van der Waals surface area contributed by atoms with E-state index in [9.17, 15) is 23.3 Å². The molecule has 0 aliphatic carbocycles. The van der Waals surface area contributed by atoms with Gasteiger partial charge in [-0.1, -0.05) is 13.0 Å². The maximum Gasteiger partial charge on any atom is 0.271 e. The van der Waals surface area contributed by atoms with E-state index in [1.54, 1.807) is 13.0 Å². The van der Waals surface area contributed by atoms with Gasteiger partial charge in [0.05, 0.1) is 15.5 Å². The number of anilines is 1. The van der Waals surface area contributed by atoms with Gasteiger partial charge < -0.3 is 10.1 Å². The lowest BCUT2D eigenvalue weighted by Crippen LogP contribution is -2.24. The molecule has 9 nitrogen and oxygen atoms in total. The van der Waals surface area contributed by atoms with Crippen LogP contribution in [0.3, 0.4) is 0 Å². The van der Waals surface area contributed by atoms with Crippen LogP contribution in [0.15, 0.2) is 47.4 Å². The number of rotatable bonds is 9. The molecule has 0 saturated carbocycles. The van der Waals surface area contributed by atoms with Crippen molar-refractivity contribution in [2.45, 2.75) is 25.2 Å². The first kappa shape index (κ1) is 21.3. The summed E-state index contributed by atoms with van der Waals surface area (Å²) in [6.45, 7) is 3.59. The quantitative estimate of drug-likeness (QED) is 0.486. The molecule has 0 unspecified atom stereocenters. The Bertz CT molecular complexity index is 958. The van der Waals surface area contributed by atoms with Crippen LogP contribution in [0, 0.1) is 17.0 Å². The number of hydrogen-bond donors (Lipinski definition) is 2. The van der Waals surface area contributed by atoms with Crippen LogP contribution in [0.25, 0.3) is 0 Å². The lowest BCUT2D eigenvalue weighted by molar-refractivity contribution is -0.384. The molecule has 2 rings (SSSR count). The van der Waals surface area contributed by atoms with Gasteiger partial charge >= 0.3 is 0 Å². The van der Waals surface area contributed by atoms with Gasteiger partial charge in [0, 0.05) is 18.7 Å². The van der Waals surface area contributed by atoms with E-state index in [0.717, 1.165) is 0 Å². The second-order valence-corrected chi connectivity index (χ2v) is 7.73. The number of benzene rings is 2. The Morgan fingerprint density at radius 3 is 2.46 bits per heavy atom. The molecular formula is C18H21N3O6S. The average Bonchev–Trinajstić information content (AvgIpc) is 2.66. The Labute approximate surface area is 162 Å². The van der Waals surface area contributed by atoms with Crippen molar-refractivity contribution in [1.29, 1.82) is 0 Å². The third kappa shape index (κ3) is 5.76. The minimum Gasteiger partial charge on any atom is -0.484 e. The first-order valence-electron chi connectivity index (χ1n) is 8.50. The molecular weight excluding hydrogens is 386 g/mol. The summed E-state index contributed by atoms with van der Waals surface area (Å²) in [6.07, 6.45) is 0.680. The number of nitrogens with zero attached hydrogens (tertiary/aromatic N) is 1. The number of nitro groups is 1. The molecule has 2 aromatic carbocycles. The molecule has 10 heteroatoms. The van der Waals surface area contributed by atoms with Crippen LogP contribution in [0.1, 0.15) is 18.9 Å². The van der Waals surface area contributed by atoms with Crippen molar-refractivity contribution in [3.05, 3.63) is 58.1 Å². The second kappa shape index (κ2) is 9.29. The van der Waals surface area contributed by atoms with Crippen LogP contribution < -0.4 is 14.8 Å². The second-order valence-electron chi connectivity index (χ2n) is 5.96. The number of aryl methyl sites for hydroxylation is 1. The molecule has 2 aromatic rings. The van der Waals surface area contributed by atoms with Crippen molar-refractivity contribution in [1.82, 2.24) is 4.72 Å². The summed E-state index contributed by atoms with van der Waals surface area (Å²) >= 11 is 0. The normalized spacial score (nSPS) is 11.1. The highest BCUT2D eigenvalue weighted by Crippen LogP contribution is 2.22. The summed E-state index contributed by atoms with van der Waals surface area (Å²) in [4.78, 5) is 22.4. The molecule has 0 saturated heterocycles. The number of carbonyl (C=O) groups is 1. The molecule has 0 aliphatic rings. The minimum absolute atomic E-state index is 0.102. The van der Waals surface area contributed by atoms with Crippen molar-refractivity contribution < 1.29 is 22.9 Å². The SMILES string of the molecule is CCCNS(=O)(=O)c1ccc(OCC(=O)Nc2cc([N+](=O)[O-])ccc2C)cc1. The Hall–Kier alpha value is -2.98. The lowest BCUT2D eigenvalue weighted by Gasteiger charge is -2.10. The molecule has 0 radical (unpaired) electrons. The van der Waals surface area contributed by atoms with Gasteiger partial charge in [-0.3, -0.25) is 14.9 Å². The third-order valence-electron chi connectivity index (χ3n) is 3.75. The van der Waals surface area contributed by atoms with Crippen molar-refractivity contribution in [3.63, 3.8) is 0 Å². The van der Waals surface area contributed by atoms with Crippen molar-refractivity contribution in [2.24, 2.45) is 0 Å². The van der Waals surface area contributed by atoms with Gasteiger partial charge in [0.2, 0.25) is 10.0 Å². The van der Waals surface area contributed by atoms with Gasteiger partial charge in [-0.2, -0.15) is 0 Å². The van der Waals surface area contributed by atoms with Gasteiger partial charge in [0.15, 0.2) is 6.61 Å². The average molecular weight is 407 g/mol. The molecule has 0 aromatic heterocycles. The maximum atomic E-state index is 12.1. The van der Waals surface area contributed by atoms with Crippen molar-refractivity contribution in [2.75, 3.05) is 18.5 Å². The van der Waals surface area contributed by atoms with Gasteiger partial charge in [-0.25, -0.2) is 13.1 Å². The summed E-state index contributed by atoms with van der Waals surface area (Å²) in [6, 6.07) is 9.84. The van der Waals surface area contributed by atoms with Crippen LogP contribution in [0.2, 0.25) is 0 Å². The molecule has 2 N–H and O–H groups in total. The van der Waals surface area contributed by atoms with E-state index < -0.39 is 20.9 Å². The van der Waals surface area contributed by atoms with Crippen LogP contribution in [0.4, 0.5) is 11.4 Å². The summed E-state index contributed by atoms with van der Waals surface area (Å²) in [7, 11) is -3.57. The van der Waals surface area contributed by atoms with E-state index in [1.165, 1.54) is 36.4 Å². The van der Waals surface area contributed by atoms with E-state index in [1.807, 2.05) is 6.92 Å². The van der Waals surface area contributed by atoms with Crippen LogP contribution in [-0.2, 0) is 14.8 Å². The zero-order chi connectivity index (χ0) is 20.7. The Morgan fingerprint density at radius 2 is 1.86 bits per heavy atom. The highest BCUT2D eigenvalue weighted by molar-refractivity contribution is 7.89. The topological polar surface area (TPSA) is 128 Å². The predicted molar refractivity (Wildman–Crippen MR) is 104 cm³/mol. The zero-order valence-electron chi connectivity index (χ0n) is 15.5. The molecule has 1 amide bonds. The molecule has 0 heterocycles. The van der Waals surface area contributed by atoms with Gasteiger partial charge in [0.25, 0.3) is 11.6 Å². The van der Waals surface area contributed by atoms with E-state index in [4.69, 9.17) is 4.74 Å². The van der Waals surface area contributed by atoms with Gasteiger partial charge in [-0.15, -0.1) is 0 Å². The van der Waals surface area contributed by atoms with Crippen molar-refractivity contribution in [3.8, 4) is 5.75 Å². The first-order chi connectivity index (χ1) is 13.2. The molecule has 0 aliphatic heterocycles. The van der Waals surface area contributed by atoms with E-state index >= 15 is 0 Å². The fraction of sp³-hybridized carbons (Fsp3) is 0.278. The number of amides is 1. The fourth-order valence-electron chi connectivity index (χ4n) is 2.23. The number of carbonyl (C=O) groups excluding carboxylic acids is 1. The van der Waals surface area contributed by atoms with Crippen molar-refractivity contribution >= 4 is 27.3 Å². The van der Waals surface area contributed by atoms with Gasteiger partial charge in [0.1, 0.15) is 5.75 Å². The standard InChI is InChI=1S/C18H21N3O6S/c1-3-10-19-28(25,26)16-8-6-15(7-9-16)27-12-18(22)20-17-11-14(21(23)24)5-4-13(17)2/h4-9,11,19H,3,10,12H2,1-2H3,(H,20,22). The molecule has 0 bridgehead atoms. The Morgan fingerprint density at radius 1 is 1.18 bits per heavy atom. The molecule has 0 atom stereocenters. The van der Waals surface area contributed by atoms with E-state index in [0.29, 0.717) is 30.0 Å². The molecule has 0 fully saturated rings. The highest BCUT2D eigenvalue weighted by atomic mass is 32.2. The van der Waals surface area contributed by atoms with Gasteiger partial charge in [-0.05, 0) is 43.2 Å². The number of non-ortho nitro benzene ring substituents is 1. The fourth-order valence-corrected chi connectivity index (χ4v) is 3.36. The van der Waals surface area contributed by atoms with E-state index in [2.05, 4.69) is 10.0 Å². The summed E-state index contributed by atoms with van der Waals surface area (Å²) in [5, 5.41) is 13.4. The number of ether oxygens (including phenoxy) is 1. The largest absolute Gasteiger partial charge is 0.484 e. The smallest absolute Gasteiger partial charge is 0.271 e. The number of hydrogen-bond acceptors (Lipinski definition) is 6. The summed E-state index contributed by atoms with van der Waals surface area (Å²) < 4.78 is 31.8.